The van der Waals surface area contributed by atoms with Crippen molar-refractivity contribution in [3.8, 4) is 16.9 Å². The Bertz CT molecular complexity index is 1240. The Kier molecular flexibility index (Phi) is 7.24. The number of piperazine rings is 1. The van der Waals surface area contributed by atoms with Crippen molar-refractivity contribution < 1.29 is 4.74 Å². The topological polar surface area (TPSA) is 28.6 Å². The molecule has 3 aromatic carbocycles. The first-order valence-electron chi connectivity index (χ1n) is 11.9. The van der Waals surface area contributed by atoms with Crippen molar-refractivity contribution in [3.05, 3.63) is 94.7 Å². The molecule has 4 aromatic rings. The van der Waals surface area contributed by atoms with E-state index >= 15 is 0 Å². The number of halogens is 1. The summed E-state index contributed by atoms with van der Waals surface area (Å²) in [5.74, 6) is 0.923. The average molecular weight is 516 g/mol. The molecule has 1 fully saturated rings. The van der Waals surface area contributed by atoms with E-state index in [0.717, 1.165) is 49.4 Å². The fourth-order valence-corrected chi connectivity index (χ4v) is 4.88. The van der Waals surface area contributed by atoms with Crippen molar-refractivity contribution in [2.45, 2.75) is 13.0 Å². The van der Waals surface area contributed by atoms with Crippen LogP contribution in [0.25, 0.3) is 21.9 Å². The third kappa shape index (κ3) is 5.49. The van der Waals surface area contributed by atoms with E-state index < -0.39 is 0 Å². The second kappa shape index (κ2) is 10.7. The van der Waals surface area contributed by atoms with Crippen LogP contribution in [-0.4, -0.2) is 54.6 Å². The Morgan fingerprint density at radius 3 is 2.53 bits per heavy atom. The predicted molar refractivity (Wildman–Crippen MR) is 143 cm³/mol. The second-order valence-corrected chi connectivity index (χ2v) is 9.90. The molecule has 174 valence electrons. The molecule has 0 amide bonds. The average Bonchev–Trinajstić information content (AvgIpc) is 2.87. The fraction of sp³-hybridized carbons (Fsp3) is 0.276. The van der Waals surface area contributed by atoms with Gasteiger partial charge in [-0.3, -0.25) is 9.88 Å². The van der Waals surface area contributed by atoms with Crippen LogP contribution < -0.4 is 4.74 Å². The van der Waals surface area contributed by atoms with E-state index in [1.165, 1.54) is 33.0 Å². The van der Waals surface area contributed by atoms with Crippen LogP contribution in [0.2, 0.25) is 0 Å². The summed E-state index contributed by atoms with van der Waals surface area (Å²) in [6, 6.07) is 23.7. The van der Waals surface area contributed by atoms with Crippen LogP contribution in [0.15, 0.2) is 83.6 Å². The standard InChI is InChI=1S/C29H30BrN3O/c1-32-14-16-33(17-15-32)21-23-7-10-28(30)29(19-23)34-18-12-22-5-8-25(9-6-22)26-4-2-3-24-11-13-31-20-27(24)26/h2-11,13,19-20H,12,14-18,21H2,1H3. The summed E-state index contributed by atoms with van der Waals surface area (Å²) in [4.78, 5) is 9.21. The SMILES string of the molecule is CN1CCN(Cc2ccc(Br)c(OCCc3ccc(-c4cccc5ccncc45)cc3)c2)CC1. The minimum Gasteiger partial charge on any atom is -0.492 e. The van der Waals surface area contributed by atoms with Gasteiger partial charge in [-0.05, 0) is 68.8 Å². The summed E-state index contributed by atoms with van der Waals surface area (Å²) in [5.41, 5.74) is 5.00. The van der Waals surface area contributed by atoms with Gasteiger partial charge in [0.1, 0.15) is 5.75 Å². The minimum atomic E-state index is 0.647. The Morgan fingerprint density at radius 2 is 1.71 bits per heavy atom. The van der Waals surface area contributed by atoms with Gasteiger partial charge in [0.25, 0.3) is 0 Å². The van der Waals surface area contributed by atoms with Gasteiger partial charge in [0, 0.05) is 56.9 Å². The summed E-state index contributed by atoms with van der Waals surface area (Å²) in [6.07, 6.45) is 4.66. The monoisotopic (exact) mass is 515 g/mol. The lowest BCUT2D eigenvalue weighted by Gasteiger charge is -2.32. The quantitative estimate of drug-likeness (QED) is 0.300. The third-order valence-electron chi connectivity index (χ3n) is 6.59. The number of benzene rings is 3. The number of pyridine rings is 1. The molecular weight excluding hydrogens is 486 g/mol. The summed E-state index contributed by atoms with van der Waals surface area (Å²) < 4.78 is 7.19. The smallest absolute Gasteiger partial charge is 0.133 e. The highest BCUT2D eigenvalue weighted by molar-refractivity contribution is 9.10. The van der Waals surface area contributed by atoms with Gasteiger partial charge in [-0.15, -0.1) is 0 Å². The van der Waals surface area contributed by atoms with Crippen molar-refractivity contribution in [1.82, 2.24) is 14.8 Å². The lowest BCUT2D eigenvalue weighted by Crippen LogP contribution is -2.43. The maximum absolute atomic E-state index is 6.18. The molecule has 1 aliphatic rings. The van der Waals surface area contributed by atoms with Crippen LogP contribution in [0.4, 0.5) is 0 Å². The molecule has 0 aliphatic carbocycles. The summed E-state index contributed by atoms with van der Waals surface area (Å²) in [5, 5.41) is 2.40. The molecule has 0 saturated carbocycles. The first-order valence-corrected chi connectivity index (χ1v) is 12.7. The summed E-state index contributed by atoms with van der Waals surface area (Å²) in [7, 11) is 2.19. The molecule has 0 N–H and O–H groups in total. The van der Waals surface area contributed by atoms with E-state index in [0.29, 0.717) is 6.61 Å². The number of hydrogen-bond acceptors (Lipinski definition) is 4. The molecule has 0 radical (unpaired) electrons. The molecule has 0 unspecified atom stereocenters. The molecule has 0 spiro atoms. The first kappa shape index (κ1) is 23.0. The Hall–Kier alpha value is -2.73. The largest absolute Gasteiger partial charge is 0.492 e. The van der Waals surface area contributed by atoms with E-state index in [2.05, 4.69) is 104 Å². The van der Waals surface area contributed by atoms with Gasteiger partial charge in [-0.25, -0.2) is 0 Å². The molecule has 4 nitrogen and oxygen atoms in total. The molecule has 1 aromatic heterocycles. The van der Waals surface area contributed by atoms with Crippen molar-refractivity contribution in [2.75, 3.05) is 39.8 Å². The van der Waals surface area contributed by atoms with Crippen LogP contribution in [0, 0.1) is 0 Å². The fourth-order valence-electron chi connectivity index (χ4n) is 4.52. The second-order valence-electron chi connectivity index (χ2n) is 9.04. The number of aromatic nitrogens is 1. The highest BCUT2D eigenvalue weighted by Gasteiger charge is 2.14. The van der Waals surface area contributed by atoms with Crippen LogP contribution in [-0.2, 0) is 13.0 Å². The zero-order valence-corrected chi connectivity index (χ0v) is 21.2. The van der Waals surface area contributed by atoms with Gasteiger partial charge < -0.3 is 9.64 Å². The summed E-state index contributed by atoms with van der Waals surface area (Å²) in [6.45, 7) is 6.13. The van der Waals surface area contributed by atoms with Gasteiger partial charge in [0.05, 0.1) is 11.1 Å². The van der Waals surface area contributed by atoms with E-state index in [1.807, 2.05) is 12.4 Å². The molecule has 5 rings (SSSR count). The molecular formula is C29H30BrN3O. The molecule has 1 saturated heterocycles. The molecule has 0 bridgehead atoms. The lowest BCUT2D eigenvalue weighted by atomic mass is 9.98. The van der Waals surface area contributed by atoms with E-state index in [4.69, 9.17) is 4.74 Å². The van der Waals surface area contributed by atoms with Crippen molar-refractivity contribution in [2.24, 2.45) is 0 Å². The van der Waals surface area contributed by atoms with Gasteiger partial charge in [-0.2, -0.15) is 0 Å². The van der Waals surface area contributed by atoms with Crippen LogP contribution in [0.3, 0.4) is 0 Å². The predicted octanol–water partition coefficient (Wildman–Crippen LogP) is 6.03. The lowest BCUT2D eigenvalue weighted by molar-refractivity contribution is 0.148. The Morgan fingerprint density at radius 1 is 0.912 bits per heavy atom. The van der Waals surface area contributed by atoms with Crippen LogP contribution in [0.5, 0.6) is 5.75 Å². The Balaban J connectivity index is 1.20. The number of nitrogens with zero attached hydrogens (tertiary/aromatic N) is 3. The first-order chi connectivity index (χ1) is 16.7. The highest BCUT2D eigenvalue weighted by Crippen LogP contribution is 2.29. The van der Waals surface area contributed by atoms with Gasteiger partial charge in [0.2, 0.25) is 0 Å². The maximum Gasteiger partial charge on any atom is 0.133 e. The van der Waals surface area contributed by atoms with Gasteiger partial charge in [0.15, 0.2) is 0 Å². The number of fused-ring (bicyclic) bond motifs is 1. The number of rotatable bonds is 7. The highest BCUT2D eigenvalue weighted by atomic mass is 79.9. The van der Waals surface area contributed by atoms with E-state index in [9.17, 15) is 0 Å². The van der Waals surface area contributed by atoms with E-state index in [1.54, 1.807) is 0 Å². The van der Waals surface area contributed by atoms with Crippen LogP contribution in [0.1, 0.15) is 11.1 Å². The van der Waals surface area contributed by atoms with Gasteiger partial charge >= 0.3 is 0 Å². The number of likely N-dealkylation sites (N-methyl/N-ethyl adjacent to an activating group) is 1. The normalized spacial score (nSPS) is 15.0. The minimum absolute atomic E-state index is 0.647. The molecule has 0 atom stereocenters. The summed E-state index contributed by atoms with van der Waals surface area (Å²) >= 11 is 3.65. The maximum atomic E-state index is 6.18. The zero-order chi connectivity index (χ0) is 23.3. The third-order valence-corrected chi connectivity index (χ3v) is 7.25. The van der Waals surface area contributed by atoms with Crippen molar-refractivity contribution in [3.63, 3.8) is 0 Å². The molecule has 1 aliphatic heterocycles. The molecule has 5 heteroatoms. The molecule has 2 heterocycles. The Labute approximate surface area is 210 Å². The molecule has 34 heavy (non-hydrogen) atoms. The van der Waals surface area contributed by atoms with E-state index in [-0.39, 0.29) is 0 Å². The van der Waals surface area contributed by atoms with Crippen molar-refractivity contribution in [1.29, 1.82) is 0 Å². The van der Waals surface area contributed by atoms with Gasteiger partial charge in [-0.1, -0.05) is 48.5 Å². The van der Waals surface area contributed by atoms with Crippen molar-refractivity contribution >= 4 is 26.7 Å². The van der Waals surface area contributed by atoms with Crippen LogP contribution >= 0.6 is 15.9 Å². The number of ether oxygens (including phenoxy) is 1. The number of hydrogen-bond donors (Lipinski definition) is 0. The zero-order valence-electron chi connectivity index (χ0n) is 19.6.